The average Bonchev–Trinajstić information content (AvgIpc) is 3.51. The number of carbonyl (C=O) groups excluding carboxylic acids is 2. The van der Waals surface area contributed by atoms with Crippen LogP contribution in [0.3, 0.4) is 0 Å². The maximum atomic E-state index is 12.7. The second-order valence-electron chi connectivity index (χ2n) is 10.8. The number of amides is 2. The number of carboxylic acid groups (broad SMARTS) is 1. The third-order valence-electron chi connectivity index (χ3n) is 8.01. The van der Waals surface area contributed by atoms with Gasteiger partial charge in [0.15, 0.2) is 11.5 Å². The average molecular weight is 592 g/mol. The fourth-order valence-electron chi connectivity index (χ4n) is 5.89. The van der Waals surface area contributed by atoms with Gasteiger partial charge in [-0.1, -0.05) is 13.0 Å². The lowest BCUT2D eigenvalue weighted by molar-refractivity contribution is -0.163. The Labute approximate surface area is 245 Å². The van der Waals surface area contributed by atoms with E-state index in [0.717, 1.165) is 25.0 Å². The molecule has 0 aromatic heterocycles. The molecule has 0 radical (unpaired) electrons. The molecule has 12 heteroatoms. The van der Waals surface area contributed by atoms with Gasteiger partial charge in [0.05, 0.1) is 44.9 Å². The smallest absolute Gasteiger partial charge is 0.353 e. The highest BCUT2D eigenvalue weighted by molar-refractivity contribution is 8.03. The van der Waals surface area contributed by atoms with E-state index in [9.17, 15) is 24.6 Å². The van der Waals surface area contributed by atoms with Crippen LogP contribution in [-0.4, -0.2) is 96.9 Å². The first-order valence-corrected chi connectivity index (χ1v) is 15.0. The summed E-state index contributed by atoms with van der Waals surface area (Å²) in [7, 11) is 3.24. The Hall–Kier alpha value is -2.80. The first-order valence-electron chi connectivity index (χ1n) is 14.1. The number of rotatable bonds is 15. The molecule has 2 fully saturated rings. The number of β-lactam (4-membered cyclic amide) rings is 1. The molecule has 4 rings (SSSR count). The van der Waals surface area contributed by atoms with Crippen molar-refractivity contribution in [2.24, 2.45) is 11.8 Å². The molecule has 1 aromatic rings. The summed E-state index contributed by atoms with van der Waals surface area (Å²) in [5.74, 6) is -0.922. The van der Waals surface area contributed by atoms with Gasteiger partial charge in [-0.15, -0.1) is 11.8 Å². The molecule has 11 nitrogen and oxygen atoms in total. The van der Waals surface area contributed by atoms with Gasteiger partial charge in [0.1, 0.15) is 5.70 Å². The molecule has 3 aliphatic rings. The van der Waals surface area contributed by atoms with Gasteiger partial charge >= 0.3 is 5.97 Å². The molecule has 1 unspecified atom stereocenters. The number of unbranched alkanes of at least 4 members (excludes halogenated alkanes) is 1. The highest BCUT2D eigenvalue weighted by Gasteiger charge is 2.60. The van der Waals surface area contributed by atoms with Gasteiger partial charge in [-0.3, -0.25) is 9.59 Å². The fraction of sp³-hybridized carbons (Fsp3) is 0.621. The Morgan fingerprint density at radius 3 is 2.63 bits per heavy atom. The number of fused-ring (bicyclic) bond motifs is 1. The number of hydrogen-bond acceptors (Lipinski definition) is 9. The molecule has 1 aromatic carbocycles. The van der Waals surface area contributed by atoms with Crippen LogP contribution in [0.2, 0.25) is 0 Å². The van der Waals surface area contributed by atoms with E-state index in [1.54, 1.807) is 21.1 Å². The predicted molar refractivity (Wildman–Crippen MR) is 154 cm³/mol. The number of methoxy groups -OCH3 is 2. The van der Waals surface area contributed by atoms with E-state index < -0.39 is 18.0 Å². The summed E-state index contributed by atoms with van der Waals surface area (Å²) in [5.41, 5.74) is 1.19. The number of hydrogen-bond donors (Lipinski definition) is 4. The lowest BCUT2D eigenvalue weighted by Gasteiger charge is -2.46. The zero-order valence-electron chi connectivity index (χ0n) is 24.1. The molecule has 6 atom stereocenters. The van der Waals surface area contributed by atoms with Crippen molar-refractivity contribution < 1.29 is 38.8 Å². The standard InChI is InChI=1S/C29H41N3O8S/c1-16-24-23(17(2)33)28(35)32(24)25(29(36)37)26(16)41-19-14-20(31-15-19)27(34)30-10-12-40-11-6-5-7-18-8-9-21(38-3)22(13-18)39-4/h8-9,13,16-17,19-20,23-24,31,33H,5-7,10-12,14-15H2,1-4H3,(H,30,34)(H,36,37)/t16-,17-,19+,20+,23-,24?/m1/s1. The van der Waals surface area contributed by atoms with E-state index in [2.05, 4.69) is 10.6 Å². The van der Waals surface area contributed by atoms with Crippen LogP contribution < -0.4 is 20.1 Å². The molecular formula is C29H41N3O8S. The van der Waals surface area contributed by atoms with E-state index >= 15 is 0 Å². The first-order chi connectivity index (χ1) is 19.7. The second kappa shape index (κ2) is 13.9. The summed E-state index contributed by atoms with van der Waals surface area (Å²) < 4.78 is 16.3. The zero-order valence-corrected chi connectivity index (χ0v) is 24.9. The number of benzene rings is 1. The van der Waals surface area contributed by atoms with Crippen LogP contribution in [0.15, 0.2) is 28.8 Å². The fourth-order valence-corrected chi connectivity index (χ4v) is 7.37. The van der Waals surface area contributed by atoms with Crippen molar-refractivity contribution in [1.82, 2.24) is 15.5 Å². The van der Waals surface area contributed by atoms with Crippen molar-refractivity contribution >= 4 is 29.5 Å². The van der Waals surface area contributed by atoms with Gasteiger partial charge in [-0.25, -0.2) is 4.79 Å². The molecule has 41 heavy (non-hydrogen) atoms. The quantitative estimate of drug-likeness (QED) is 0.176. The van der Waals surface area contributed by atoms with Crippen LogP contribution in [-0.2, 0) is 25.5 Å². The largest absolute Gasteiger partial charge is 0.493 e. The van der Waals surface area contributed by atoms with Gasteiger partial charge in [0.2, 0.25) is 11.8 Å². The number of aryl methyl sites for hydroxylation is 1. The van der Waals surface area contributed by atoms with E-state index in [4.69, 9.17) is 14.2 Å². The molecule has 2 amide bonds. The topological polar surface area (TPSA) is 147 Å². The summed E-state index contributed by atoms with van der Waals surface area (Å²) >= 11 is 1.43. The molecule has 226 valence electrons. The number of ether oxygens (including phenoxy) is 3. The zero-order chi connectivity index (χ0) is 29.7. The normalized spacial score (nSPS) is 26.0. The van der Waals surface area contributed by atoms with Crippen LogP contribution in [0.4, 0.5) is 0 Å². The Balaban J connectivity index is 1.14. The first kappa shape index (κ1) is 31.1. The molecule has 2 saturated heterocycles. The van der Waals surface area contributed by atoms with Crippen LogP contribution in [0, 0.1) is 11.8 Å². The lowest BCUT2D eigenvalue weighted by Crippen LogP contribution is -2.63. The third-order valence-corrected chi connectivity index (χ3v) is 9.52. The Bertz CT molecular complexity index is 1160. The van der Waals surface area contributed by atoms with E-state index in [0.29, 0.717) is 43.4 Å². The predicted octanol–water partition coefficient (Wildman–Crippen LogP) is 1.78. The van der Waals surface area contributed by atoms with E-state index in [1.165, 1.54) is 22.2 Å². The van der Waals surface area contributed by atoms with Gasteiger partial charge in [0, 0.05) is 35.8 Å². The molecule has 4 N–H and O–H groups in total. The number of carboxylic acids is 1. The van der Waals surface area contributed by atoms with E-state index in [-0.39, 0.29) is 40.8 Å². The number of nitrogens with one attached hydrogen (secondary N) is 2. The summed E-state index contributed by atoms with van der Waals surface area (Å²) in [5, 5.41) is 26.0. The number of thioether (sulfide) groups is 1. The van der Waals surface area contributed by atoms with Crippen LogP contribution >= 0.6 is 11.8 Å². The minimum atomic E-state index is -1.14. The maximum absolute atomic E-state index is 12.7. The van der Waals surface area contributed by atoms with Crippen molar-refractivity contribution in [3.05, 3.63) is 34.4 Å². The lowest BCUT2D eigenvalue weighted by atomic mass is 9.79. The number of aliphatic hydroxyl groups excluding tert-OH is 1. The van der Waals surface area contributed by atoms with Crippen molar-refractivity contribution in [3.63, 3.8) is 0 Å². The van der Waals surface area contributed by atoms with Crippen molar-refractivity contribution in [2.45, 2.75) is 63.0 Å². The van der Waals surface area contributed by atoms with Crippen molar-refractivity contribution in [2.75, 3.05) is 40.5 Å². The summed E-state index contributed by atoms with van der Waals surface area (Å²) in [6, 6.07) is 5.22. The summed E-state index contributed by atoms with van der Waals surface area (Å²) in [6.07, 6.45) is 2.50. The number of carbonyl (C=O) groups is 3. The molecule has 0 bridgehead atoms. The number of aliphatic carboxylic acids is 1. The van der Waals surface area contributed by atoms with E-state index in [1.807, 2.05) is 25.1 Å². The molecule has 3 aliphatic heterocycles. The van der Waals surface area contributed by atoms with Gasteiger partial charge in [0.25, 0.3) is 0 Å². The minimum absolute atomic E-state index is 0.00160. The summed E-state index contributed by atoms with van der Waals surface area (Å²) in [6.45, 7) is 5.47. The number of nitrogens with zero attached hydrogens (tertiary/aromatic N) is 1. The number of aliphatic hydroxyl groups is 1. The Morgan fingerprint density at radius 2 is 1.95 bits per heavy atom. The molecule has 3 heterocycles. The van der Waals surface area contributed by atoms with Gasteiger partial charge in [-0.2, -0.15) is 0 Å². The third kappa shape index (κ3) is 6.82. The van der Waals surface area contributed by atoms with Crippen LogP contribution in [0.25, 0.3) is 0 Å². The van der Waals surface area contributed by atoms with Gasteiger partial charge < -0.3 is 40.0 Å². The second-order valence-corrected chi connectivity index (χ2v) is 12.1. The molecule has 0 aliphatic carbocycles. The monoisotopic (exact) mass is 591 g/mol. The highest BCUT2D eigenvalue weighted by atomic mass is 32.2. The molecule has 0 saturated carbocycles. The van der Waals surface area contributed by atoms with Gasteiger partial charge in [-0.05, 0) is 50.3 Å². The SMILES string of the molecule is COc1ccc(CCCCOCCNC(=O)[C@@H]2C[C@H](SC3=C(C(=O)O)N4C(=O)[C@H]([C@@H](C)O)C4[C@H]3C)CN2)cc1OC. The Morgan fingerprint density at radius 1 is 1.20 bits per heavy atom. The van der Waals surface area contributed by atoms with Crippen molar-refractivity contribution in [3.8, 4) is 11.5 Å². The van der Waals surface area contributed by atoms with Crippen LogP contribution in [0.5, 0.6) is 11.5 Å². The highest BCUT2D eigenvalue weighted by Crippen LogP contribution is 2.51. The van der Waals surface area contributed by atoms with Crippen molar-refractivity contribution in [1.29, 1.82) is 0 Å². The maximum Gasteiger partial charge on any atom is 0.353 e. The Kier molecular flexibility index (Phi) is 10.6. The molecule has 0 spiro atoms. The van der Waals surface area contributed by atoms with Crippen LogP contribution in [0.1, 0.15) is 38.7 Å². The minimum Gasteiger partial charge on any atom is -0.493 e. The molecular weight excluding hydrogens is 550 g/mol. The summed E-state index contributed by atoms with van der Waals surface area (Å²) in [4.78, 5) is 39.2.